The summed E-state index contributed by atoms with van der Waals surface area (Å²) in [6.45, 7) is 1.78. The molecule has 0 spiro atoms. The fourth-order valence-corrected chi connectivity index (χ4v) is 0.992. The molecule has 1 unspecified atom stereocenters. The van der Waals surface area contributed by atoms with Gasteiger partial charge in [-0.15, -0.1) is 11.8 Å². The van der Waals surface area contributed by atoms with E-state index in [-0.39, 0.29) is 0 Å². The summed E-state index contributed by atoms with van der Waals surface area (Å²) in [4.78, 5) is 0. The minimum atomic E-state index is -0.446. The average Bonchev–Trinajstić information content (AvgIpc) is 2.15. The highest BCUT2D eigenvalue weighted by molar-refractivity contribution is 5.18. The van der Waals surface area contributed by atoms with Crippen molar-refractivity contribution in [2.45, 2.75) is 19.4 Å². The van der Waals surface area contributed by atoms with E-state index in [1.807, 2.05) is 30.3 Å². The molecule has 1 N–H and O–H groups in total. The van der Waals surface area contributed by atoms with E-state index in [0.29, 0.717) is 6.42 Å². The zero-order valence-corrected chi connectivity index (χ0v) is 7.12. The minimum Gasteiger partial charge on any atom is -0.387 e. The molecular weight excluding hydrogens is 148 g/mol. The Labute approximate surface area is 73.0 Å². The Morgan fingerprint density at radius 2 is 2.00 bits per heavy atom. The lowest BCUT2D eigenvalue weighted by Gasteiger charge is -2.05. The van der Waals surface area contributed by atoms with Crippen molar-refractivity contribution in [2.75, 3.05) is 0 Å². The maximum atomic E-state index is 9.55. The van der Waals surface area contributed by atoms with Gasteiger partial charge in [-0.25, -0.2) is 0 Å². The quantitative estimate of drug-likeness (QED) is 0.657. The SMILES string of the molecule is CC#CCC(O)c1ccccc1. The topological polar surface area (TPSA) is 20.2 Å². The molecule has 1 nitrogen and oxygen atoms in total. The Kier molecular flexibility index (Phi) is 3.37. The first-order chi connectivity index (χ1) is 5.84. The van der Waals surface area contributed by atoms with Gasteiger partial charge in [0.2, 0.25) is 0 Å². The molecule has 0 aliphatic carbocycles. The van der Waals surface area contributed by atoms with Gasteiger partial charge in [-0.1, -0.05) is 30.3 Å². The van der Waals surface area contributed by atoms with Gasteiger partial charge in [-0.3, -0.25) is 0 Å². The molecule has 1 aromatic rings. The Morgan fingerprint density at radius 3 is 2.58 bits per heavy atom. The fraction of sp³-hybridized carbons (Fsp3) is 0.273. The van der Waals surface area contributed by atoms with Crippen LogP contribution in [0, 0.1) is 11.8 Å². The monoisotopic (exact) mass is 160 g/mol. The zero-order valence-electron chi connectivity index (χ0n) is 7.12. The molecule has 0 aliphatic rings. The molecule has 12 heavy (non-hydrogen) atoms. The summed E-state index contributed by atoms with van der Waals surface area (Å²) >= 11 is 0. The third kappa shape index (κ3) is 2.41. The van der Waals surface area contributed by atoms with Crippen molar-refractivity contribution in [1.82, 2.24) is 0 Å². The third-order valence-electron chi connectivity index (χ3n) is 1.66. The van der Waals surface area contributed by atoms with Crippen LogP contribution < -0.4 is 0 Å². The van der Waals surface area contributed by atoms with Crippen LogP contribution in [-0.4, -0.2) is 5.11 Å². The number of rotatable bonds is 2. The van der Waals surface area contributed by atoms with E-state index >= 15 is 0 Å². The predicted molar refractivity (Wildman–Crippen MR) is 49.5 cm³/mol. The van der Waals surface area contributed by atoms with E-state index in [1.165, 1.54) is 0 Å². The van der Waals surface area contributed by atoms with Crippen molar-refractivity contribution >= 4 is 0 Å². The van der Waals surface area contributed by atoms with Crippen LogP contribution in [0.15, 0.2) is 30.3 Å². The number of aliphatic hydroxyl groups is 1. The van der Waals surface area contributed by atoms with Crippen LogP contribution in [0.5, 0.6) is 0 Å². The van der Waals surface area contributed by atoms with E-state index in [1.54, 1.807) is 6.92 Å². The third-order valence-corrected chi connectivity index (χ3v) is 1.66. The van der Waals surface area contributed by atoms with Crippen molar-refractivity contribution in [3.8, 4) is 11.8 Å². The highest BCUT2D eigenvalue weighted by Gasteiger charge is 2.02. The predicted octanol–water partition coefficient (Wildman–Crippen LogP) is 2.13. The summed E-state index contributed by atoms with van der Waals surface area (Å²) in [6, 6.07) is 9.57. The van der Waals surface area contributed by atoms with Gasteiger partial charge in [-0.2, -0.15) is 0 Å². The second-order valence-electron chi connectivity index (χ2n) is 2.56. The first-order valence-electron chi connectivity index (χ1n) is 3.97. The van der Waals surface area contributed by atoms with E-state index in [9.17, 15) is 5.11 Å². The number of benzene rings is 1. The molecule has 1 rings (SSSR count). The summed E-state index contributed by atoms with van der Waals surface area (Å²) < 4.78 is 0. The molecule has 0 bridgehead atoms. The summed E-state index contributed by atoms with van der Waals surface area (Å²) in [5.41, 5.74) is 0.931. The molecule has 0 saturated heterocycles. The molecule has 0 heterocycles. The average molecular weight is 160 g/mol. The molecule has 62 valence electrons. The first-order valence-corrected chi connectivity index (χ1v) is 3.97. The van der Waals surface area contributed by atoms with E-state index < -0.39 is 6.10 Å². The number of hydrogen-bond acceptors (Lipinski definition) is 1. The normalized spacial score (nSPS) is 11.5. The van der Waals surface area contributed by atoms with Gasteiger partial charge in [0.25, 0.3) is 0 Å². The lowest BCUT2D eigenvalue weighted by atomic mass is 10.1. The molecule has 0 radical (unpaired) electrons. The van der Waals surface area contributed by atoms with Gasteiger partial charge in [0, 0.05) is 6.42 Å². The van der Waals surface area contributed by atoms with Crippen molar-refractivity contribution in [3.63, 3.8) is 0 Å². The van der Waals surface area contributed by atoms with Gasteiger partial charge in [0.15, 0.2) is 0 Å². The van der Waals surface area contributed by atoms with Crippen LogP contribution >= 0.6 is 0 Å². The van der Waals surface area contributed by atoms with Crippen LogP contribution in [0.2, 0.25) is 0 Å². The highest BCUT2D eigenvalue weighted by Crippen LogP contribution is 2.14. The molecule has 1 atom stereocenters. The van der Waals surface area contributed by atoms with Crippen LogP contribution in [0.3, 0.4) is 0 Å². The minimum absolute atomic E-state index is 0.446. The van der Waals surface area contributed by atoms with Gasteiger partial charge in [-0.05, 0) is 12.5 Å². The number of aliphatic hydroxyl groups excluding tert-OH is 1. The molecule has 0 fully saturated rings. The van der Waals surface area contributed by atoms with E-state index in [2.05, 4.69) is 11.8 Å². The standard InChI is InChI=1S/C11H12O/c1-2-3-9-11(12)10-7-5-4-6-8-10/h4-8,11-12H,9H2,1H3. The van der Waals surface area contributed by atoms with Gasteiger partial charge in [0.1, 0.15) is 0 Å². The highest BCUT2D eigenvalue weighted by atomic mass is 16.3. The van der Waals surface area contributed by atoms with Crippen LogP contribution in [0.25, 0.3) is 0 Å². The smallest absolute Gasteiger partial charge is 0.0899 e. The lowest BCUT2D eigenvalue weighted by Crippen LogP contribution is -1.94. The molecular formula is C11H12O. The van der Waals surface area contributed by atoms with Crippen LogP contribution in [-0.2, 0) is 0 Å². The summed E-state index contributed by atoms with van der Waals surface area (Å²) in [5.74, 6) is 5.60. The summed E-state index contributed by atoms with van der Waals surface area (Å²) in [7, 11) is 0. The molecule has 0 amide bonds. The lowest BCUT2D eigenvalue weighted by molar-refractivity contribution is 0.184. The fourth-order valence-electron chi connectivity index (χ4n) is 0.992. The van der Waals surface area contributed by atoms with Crippen molar-refractivity contribution < 1.29 is 5.11 Å². The van der Waals surface area contributed by atoms with Crippen LogP contribution in [0.4, 0.5) is 0 Å². The second-order valence-corrected chi connectivity index (χ2v) is 2.56. The largest absolute Gasteiger partial charge is 0.387 e. The van der Waals surface area contributed by atoms with Crippen molar-refractivity contribution in [3.05, 3.63) is 35.9 Å². The maximum Gasteiger partial charge on any atom is 0.0899 e. The zero-order chi connectivity index (χ0) is 8.81. The first kappa shape index (κ1) is 8.83. The summed E-state index contributed by atoms with van der Waals surface area (Å²) in [5, 5.41) is 9.55. The number of hydrogen-bond donors (Lipinski definition) is 1. The second kappa shape index (κ2) is 4.58. The Bertz CT molecular complexity index is 279. The molecule has 0 aliphatic heterocycles. The van der Waals surface area contributed by atoms with Crippen molar-refractivity contribution in [1.29, 1.82) is 0 Å². The maximum absolute atomic E-state index is 9.55. The van der Waals surface area contributed by atoms with Crippen molar-refractivity contribution in [2.24, 2.45) is 0 Å². The molecule has 0 aromatic heterocycles. The Morgan fingerprint density at radius 1 is 1.33 bits per heavy atom. The van der Waals surface area contributed by atoms with Gasteiger partial charge >= 0.3 is 0 Å². The molecule has 1 heteroatoms. The molecule has 0 saturated carbocycles. The van der Waals surface area contributed by atoms with E-state index in [4.69, 9.17) is 0 Å². The van der Waals surface area contributed by atoms with Gasteiger partial charge < -0.3 is 5.11 Å². The Balaban J connectivity index is 2.63. The van der Waals surface area contributed by atoms with E-state index in [0.717, 1.165) is 5.56 Å². The Hall–Kier alpha value is -1.26. The summed E-state index contributed by atoms with van der Waals surface area (Å²) in [6.07, 6.45) is 0.0687. The molecule has 1 aromatic carbocycles. The van der Waals surface area contributed by atoms with Gasteiger partial charge in [0.05, 0.1) is 6.10 Å². The van der Waals surface area contributed by atoms with Crippen LogP contribution in [0.1, 0.15) is 25.0 Å².